The molecular weight excluding hydrogens is 383 g/mol. The highest BCUT2D eigenvalue weighted by molar-refractivity contribution is 6.35. The van der Waals surface area contributed by atoms with Gasteiger partial charge in [-0.2, -0.15) is 0 Å². The number of anilines is 1. The molecule has 1 N–H and O–H groups in total. The van der Waals surface area contributed by atoms with Crippen LogP contribution in [0.15, 0.2) is 36.4 Å². The van der Waals surface area contributed by atoms with E-state index >= 15 is 0 Å². The Morgan fingerprint density at radius 3 is 2.54 bits per heavy atom. The molecule has 0 aliphatic heterocycles. The van der Waals surface area contributed by atoms with E-state index in [0.717, 1.165) is 0 Å². The minimum absolute atomic E-state index is 0.0771. The zero-order chi connectivity index (χ0) is 19.3. The number of carbonyl (C=O) groups is 2. The molecule has 0 heterocycles. The van der Waals surface area contributed by atoms with E-state index in [1.54, 1.807) is 19.1 Å². The second-order valence-electron chi connectivity index (χ2n) is 5.38. The number of benzene rings is 2. The first-order chi connectivity index (χ1) is 12.3. The molecule has 0 unspecified atom stereocenters. The Kier molecular flexibility index (Phi) is 6.54. The third-order valence-electron chi connectivity index (χ3n) is 3.41. The topological polar surface area (TPSA) is 98.5 Å². The van der Waals surface area contributed by atoms with Gasteiger partial charge in [0.25, 0.3) is 11.6 Å². The molecular formula is C17H14Cl2N2O5. The van der Waals surface area contributed by atoms with Gasteiger partial charge in [0.2, 0.25) is 0 Å². The number of halogens is 2. The van der Waals surface area contributed by atoms with Crippen LogP contribution in [0.4, 0.5) is 11.4 Å². The molecule has 0 atom stereocenters. The quantitative estimate of drug-likeness (QED) is 0.452. The van der Waals surface area contributed by atoms with Gasteiger partial charge in [0.05, 0.1) is 11.3 Å². The van der Waals surface area contributed by atoms with Crippen LogP contribution < -0.4 is 5.32 Å². The van der Waals surface area contributed by atoms with Crippen LogP contribution >= 0.6 is 23.2 Å². The van der Waals surface area contributed by atoms with Gasteiger partial charge in [-0.25, -0.2) is 0 Å². The summed E-state index contributed by atoms with van der Waals surface area (Å²) in [7, 11) is 0. The Balaban J connectivity index is 1.88. The van der Waals surface area contributed by atoms with Gasteiger partial charge >= 0.3 is 5.97 Å². The van der Waals surface area contributed by atoms with Crippen LogP contribution in [0, 0.1) is 17.0 Å². The maximum absolute atomic E-state index is 11.9. The second kappa shape index (κ2) is 8.64. The van der Waals surface area contributed by atoms with Crippen molar-refractivity contribution in [1.29, 1.82) is 0 Å². The molecule has 0 radical (unpaired) electrons. The number of hydrogen-bond donors (Lipinski definition) is 1. The molecule has 0 saturated carbocycles. The zero-order valence-corrected chi connectivity index (χ0v) is 15.1. The second-order valence-corrected chi connectivity index (χ2v) is 6.22. The van der Waals surface area contributed by atoms with Gasteiger partial charge in [0.1, 0.15) is 0 Å². The van der Waals surface area contributed by atoms with Crippen molar-refractivity contribution in [3.05, 3.63) is 67.7 Å². The summed E-state index contributed by atoms with van der Waals surface area (Å²) in [6.45, 7) is 1.14. The fourth-order valence-corrected chi connectivity index (χ4v) is 2.58. The zero-order valence-electron chi connectivity index (χ0n) is 13.6. The lowest BCUT2D eigenvalue weighted by atomic mass is 10.1. The van der Waals surface area contributed by atoms with Gasteiger partial charge in [-0.3, -0.25) is 19.7 Å². The van der Waals surface area contributed by atoms with Crippen molar-refractivity contribution in [1.82, 2.24) is 0 Å². The third-order valence-corrected chi connectivity index (χ3v) is 4.00. The Hall–Kier alpha value is -2.64. The van der Waals surface area contributed by atoms with Crippen LogP contribution in [0.3, 0.4) is 0 Å². The first-order valence-electron chi connectivity index (χ1n) is 7.40. The molecule has 0 bridgehead atoms. The summed E-state index contributed by atoms with van der Waals surface area (Å²) < 4.78 is 4.92. The van der Waals surface area contributed by atoms with Crippen molar-refractivity contribution in [2.45, 2.75) is 13.3 Å². The van der Waals surface area contributed by atoms with Crippen LogP contribution in [0.2, 0.25) is 10.0 Å². The third kappa shape index (κ3) is 5.44. The Labute approximate surface area is 159 Å². The number of aryl methyl sites for hydroxylation is 1. The molecule has 0 aliphatic rings. The molecule has 136 valence electrons. The normalized spacial score (nSPS) is 10.3. The van der Waals surface area contributed by atoms with Crippen molar-refractivity contribution in [3.8, 4) is 0 Å². The van der Waals surface area contributed by atoms with E-state index < -0.39 is 23.4 Å². The lowest BCUT2D eigenvalue weighted by Crippen LogP contribution is -2.22. The standard InChI is InChI=1S/C17H14Cl2N2O5/c1-10-6-13(21(24)25)4-5-15(10)20-16(22)9-26-17(23)7-11-2-3-12(18)8-14(11)19/h2-6,8H,7,9H2,1H3,(H,20,22). The number of carbonyl (C=O) groups excluding carboxylic acids is 2. The van der Waals surface area contributed by atoms with Crippen LogP contribution in [0.25, 0.3) is 0 Å². The van der Waals surface area contributed by atoms with Gasteiger partial charge in [-0.05, 0) is 36.2 Å². The summed E-state index contributed by atoms with van der Waals surface area (Å²) in [5, 5.41) is 14.0. The van der Waals surface area contributed by atoms with Crippen molar-refractivity contribution < 1.29 is 19.2 Å². The Morgan fingerprint density at radius 2 is 1.92 bits per heavy atom. The molecule has 2 aromatic carbocycles. The smallest absolute Gasteiger partial charge is 0.310 e. The van der Waals surface area contributed by atoms with E-state index in [2.05, 4.69) is 5.32 Å². The predicted octanol–water partition coefficient (Wildman–Crippen LogP) is 3.93. The Morgan fingerprint density at radius 1 is 1.19 bits per heavy atom. The maximum Gasteiger partial charge on any atom is 0.310 e. The molecule has 2 rings (SSSR count). The lowest BCUT2D eigenvalue weighted by molar-refractivity contribution is -0.384. The summed E-state index contributed by atoms with van der Waals surface area (Å²) in [6, 6.07) is 8.74. The fraction of sp³-hybridized carbons (Fsp3) is 0.176. The molecule has 0 saturated heterocycles. The number of non-ortho nitro benzene ring substituents is 1. The SMILES string of the molecule is Cc1cc([N+](=O)[O-])ccc1NC(=O)COC(=O)Cc1ccc(Cl)cc1Cl. The summed E-state index contributed by atoms with van der Waals surface area (Å²) in [6.07, 6.45) is -0.0974. The fourth-order valence-electron chi connectivity index (χ4n) is 2.11. The molecule has 0 spiro atoms. The van der Waals surface area contributed by atoms with Gasteiger partial charge < -0.3 is 10.1 Å². The van der Waals surface area contributed by atoms with Gasteiger partial charge in [-0.15, -0.1) is 0 Å². The first kappa shape index (κ1) is 19.7. The number of rotatable bonds is 6. The number of nitrogens with one attached hydrogen (secondary N) is 1. The predicted molar refractivity (Wildman–Crippen MR) is 97.6 cm³/mol. The summed E-state index contributed by atoms with van der Waals surface area (Å²) in [5.41, 5.74) is 1.38. The van der Waals surface area contributed by atoms with Crippen molar-refractivity contribution in [3.63, 3.8) is 0 Å². The van der Waals surface area contributed by atoms with Crippen LogP contribution in [0.5, 0.6) is 0 Å². The number of nitro groups is 1. The molecule has 26 heavy (non-hydrogen) atoms. The Bertz CT molecular complexity index is 870. The largest absolute Gasteiger partial charge is 0.455 e. The van der Waals surface area contributed by atoms with Crippen molar-refractivity contribution in [2.75, 3.05) is 11.9 Å². The van der Waals surface area contributed by atoms with E-state index in [9.17, 15) is 19.7 Å². The van der Waals surface area contributed by atoms with E-state index in [1.165, 1.54) is 24.3 Å². The summed E-state index contributed by atoms with van der Waals surface area (Å²) in [4.78, 5) is 33.9. The van der Waals surface area contributed by atoms with Gasteiger partial charge in [-0.1, -0.05) is 29.3 Å². The minimum Gasteiger partial charge on any atom is -0.455 e. The van der Waals surface area contributed by atoms with Crippen molar-refractivity contribution >= 4 is 46.5 Å². The molecule has 2 aromatic rings. The average molecular weight is 397 g/mol. The molecule has 9 heteroatoms. The number of nitro benzene ring substituents is 1. The molecule has 0 aromatic heterocycles. The minimum atomic E-state index is -0.621. The number of nitrogens with zero attached hydrogens (tertiary/aromatic N) is 1. The van der Waals surface area contributed by atoms with Crippen LogP contribution in [-0.2, 0) is 20.7 Å². The van der Waals surface area contributed by atoms with Gasteiger partial charge in [0.15, 0.2) is 6.61 Å². The summed E-state index contributed by atoms with van der Waals surface area (Å²) in [5.74, 6) is -1.18. The average Bonchev–Trinajstić information content (AvgIpc) is 2.57. The summed E-state index contributed by atoms with van der Waals surface area (Å²) >= 11 is 11.8. The van der Waals surface area contributed by atoms with E-state index in [-0.39, 0.29) is 12.1 Å². The lowest BCUT2D eigenvalue weighted by Gasteiger charge is -2.09. The van der Waals surface area contributed by atoms with Crippen molar-refractivity contribution in [2.24, 2.45) is 0 Å². The molecule has 1 amide bonds. The van der Waals surface area contributed by atoms with E-state index in [4.69, 9.17) is 27.9 Å². The number of hydrogen-bond acceptors (Lipinski definition) is 5. The van der Waals surface area contributed by atoms with E-state index in [1.807, 2.05) is 0 Å². The maximum atomic E-state index is 11.9. The highest BCUT2D eigenvalue weighted by Gasteiger charge is 2.13. The monoisotopic (exact) mass is 396 g/mol. The molecule has 7 nitrogen and oxygen atoms in total. The number of ether oxygens (including phenoxy) is 1. The van der Waals surface area contributed by atoms with Crippen LogP contribution in [-0.4, -0.2) is 23.4 Å². The molecule has 0 aliphatic carbocycles. The van der Waals surface area contributed by atoms with Crippen LogP contribution in [0.1, 0.15) is 11.1 Å². The highest BCUT2D eigenvalue weighted by atomic mass is 35.5. The first-order valence-corrected chi connectivity index (χ1v) is 8.16. The highest BCUT2D eigenvalue weighted by Crippen LogP contribution is 2.22. The number of amides is 1. The van der Waals surface area contributed by atoms with Gasteiger partial charge in [0, 0.05) is 27.9 Å². The number of esters is 1. The van der Waals surface area contributed by atoms with E-state index in [0.29, 0.717) is 26.9 Å². The molecule has 0 fully saturated rings.